The Labute approximate surface area is 174 Å². The summed E-state index contributed by atoms with van der Waals surface area (Å²) in [6.07, 6.45) is 0.158. The van der Waals surface area contributed by atoms with Gasteiger partial charge in [0.05, 0.1) is 24.4 Å². The summed E-state index contributed by atoms with van der Waals surface area (Å²) in [5.41, 5.74) is 7.98. The Balaban J connectivity index is 1.74. The van der Waals surface area contributed by atoms with Crippen LogP contribution in [0, 0.1) is 37.5 Å². The molecular weight excluding hydrogens is 414 g/mol. The average Bonchev–Trinajstić information content (AvgIpc) is 3.39. The van der Waals surface area contributed by atoms with Crippen LogP contribution in [0.3, 0.4) is 0 Å². The zero-order chi connectivity index (χ0) is 18.3. The molecule has 4 unspecified atom stereocenters. The van der Waals surface area contributed by atoms with Crippen molar-refractivity contribution in [1.29, 1.82) is 0 Å². The maximum absolute atomic E-state index is 6.46. The minimum atomic E-state index is 0.0256. The van der Waals surface area contributed by atoms with Crippen LogP contribution in [-0.2, 0) is 9.47 Å². The average molecular weight is 436 g/mol. The van der Waals surface area contributed by atoms with E-state index in [0.717, 1.165) is 0 Å². The molecule has 5 rings (SSSR count). The topological polar surface area (TPSA) is 18.5 Å². The molecule has 4 bridgehead atoms. The first kappa shape index (κ1) is 18.3. The third kappa shape index (κ3) is 2.05. The highest BCUT2D eigenvalue weighted by atomic mass is 35.5. The summed E-state index contributed by atoms with van der Waals surface area (Å²) in [5, 5.41) is 0. The van der Waals surface area contributed by atoms with Gasteiger partial charge in [0.2, 0.25) is 0 Å². The number of hydrogen-bond acceptors (Lipinski definition) is 2. The lowest BCUT2D eigenvalue weighted by Gasteiger charge is -2.35. The maximum atomic E-state index is 6.46. The van der Waals surface area contributed by atoms with E-state index in [9.17, 15) is 0 Å². The fourth-order valence-corrected chi connectivity index (χ4v) is 7.53. The van der Waals surface area contributed by atoms with Crippen molar-refractivity contribution in [2.24, 2.45) is 23.7 Å². The van der Waals surface area contributed by atoms with Crippen molar-refractivity contribution in [3.8, 4) is 0 Å². The van der Waals surface area contributed by atoms with Crippen LogP contribution in [0.4, 0.5) is 0 Å². The van der Waals surface area contributed by atoms with E-state index in [4.69, 9.17) is 55.9 Å². The highest BCUT2D eigenvalue weighted by Crippen LogP contribution is 2.67. The Morgan fingerprint density at radius 3 is 1.08 bits per heavy atom. The van der Waals surface area contributed by atoms with Crippen LogP contribution in [0.25, 0.3) is 0 Å². The number of hydrogen-bond donors (Lipinski definition) is 0. The minimum absolute atomic E-state index is 0.0256. The third-order valence-electron chi connectivity index (χ3n) is 7.33. The van der Waals surface area contributed by atoms with Crippen molar-refractivity contribution in [1.82, 2.24) is 0 Å². The second-order valence-corrected chi connectivity index (χ2v) is 9.37. The first-order valence-electron chi connectivity index (χ1n) is 9.30. The molecule has 1 aromatic carbocycles. The second kappa shape index (κ2) is 6.40. The van der Waals surface area contributed by atoms with Crippen molar-refractivity contribution in [2.45, 2.75) is 38.3 Å². The van der Waals surface area contributed by atoms with Gasteiger partial charge >= 0.3 is 0 Å². The van der Waals surface area contributed by atoms with E-state index in [2.05, 4.69) is 13.8 Å². The van der Waals surface area contributed by atoms with Crippen LogP contribution in [0.5, 0.6) is 0 Å². The highest BCUT2D eigenvalue weighted by Gasteiger charge is 2.59. The lowest BCUT2D eigenvalue weighted by atomic mass is 9.67. The largest absolute Gasteiger partial charge is 0.365 e. The van der Waals surface area contributed by atoms with E-state index >= 15 is 0 Å². The van der Waals surface area contributed by atoms with E-state index in [0.29, 0.717) is 23.5 Å². The molecular formula is C20H22Cl4O2. The van der Waals surface area contributed by atoms with Crippen LogP contribution in [0.1, 0.15) is 57.8 Å². The Bertz CT molecular complexity index is 704. The van der Waals surface area contributed by atoms with Gasteiger partial charge in [-0.15, -0.1) is 46.4 Å². The molecule has 0 radical (unpaired) electrons. The number of fused-ring (bicyclic) bond motifs is 11. The summed E-state index contributed by atoms with van der Waals surface area (Å²) in [6, 6.07) is 0. The predicted molar refractivity (Wildman–Crippen MR) is 106 cm³/mol. The lowest BCUT2D eigenvalue weighted by Crippen LogP contribution is -2.30. The molecule has 4 heterocycles. The molecule has 2 nitrogen and oxygen atoms in total. The Morgan fingerprint density at radius 2 is 0.808 bits per heavy atom. The van der Waals surface area contributed by atoms with Gasteiger partial charge in [-0.3, -0.25) is 0 Å². The van der Waals surface area contributed by atoms with Crippen LogP contribution in [0.15, 0.2) is 0 Å². The Morgan fingerprint density at radius 1 is 0.538 bits per heavy atom. The molecule has 2 saturated heterocycles. The summed E-state index contributed by atoms with van der Waals surface area (Å²) >= 11 is 25.3. The Kier molecular flexibility index (Phi) is 4.52. The maximum Gasteiger partial charge on any atom is 0.0884 e. The zero-order valence-corrected chi connectivity index (χ0v) is 17.8. The van der Waals surface area contributed by atoms with Crippen LogP contribution in [0.2, 0.25) is 0 Å². The molecule has 2 fully saturated rings. The molecule has 8 atom stereocenters. The highest BCUT2D eigenvalue weighted by molar-refractivity contribution is 6.19. The monoisotopic (exact) mass is 434 g/mol. The van der Waals surface area contributed by atoms with Gasteiger partial charge in [0.15, 0.2) is 0 Å². The van der Waals surface area contributed by atoms with Gasteiger partial charge in [0.25, 0.3) is 0 Å². The SMILES string of the molecule is Cc1c(C)c2c(c3c1[C@@H]1O[C@H]3C(CCl)C1CCl)[C@H]1O[C@@H]2C(CCl)C1CCl. The van der Waals surface area contributed by atoms with Gasteiger partial charge in [0, 0.05) is 47.2 Å². The number of benzene rings is 1. The molecule has 4 aliphatic rings. The minimum Gasteiger partial charge on any atom is -0.365 e. The van der Waals surface area contributed by atoms with Crippen LogP contribution in [-0.4, -0.2) is 23.5 Å². The predicted octanol–water partition coefficient (Wildman–Crippen LogP) is 5.98. The van der Waals surface area contributed by atoms with Gasteiger partial charge in [-0.25, -0.2) is 0 Å². The lowest BCUT2D eigenvalue weighted by molar-refractivity contribution is 0.0482. The molecule has 0 amide bonds. The van der Waals surface area contributed by atoms with Gasteiger partial charge < -0.3 is 9.47 Å². The summed E-state index contributed by atoms with van der Waals surface area (Å²) in [7, 11) is 0. The van der Waals surface area contributed by atoms with Crippen molar-refractivity contribution in [2.75, 3.05) is 23.5 Å². The van der Waals surface area contributed by atoms with E-state index in [1.807, 2.05) is 0 Å². The van der Waals surface area contributed by atoms with Crippen LogP contribution >= 0.6 is 46.4 Å². The molecule has 6 heteroatoms. The Hall–Kier alpha value is 0.300. The zero-order valence-electron chi connectivity index (χ0n) is 14.8. The molecule has 26 heavy (non-hydrogen) atoms. The molecule has 4 aliphatic heterocycles. The fraction of sp³-hybridized carbons (Fsp3) is 0.700. The van der Waals surface area contributed by atoms with Crippen LogP contribution < -0.4 is 0 Å². The normalized spacial score (nSPS) is 41.8. The van der Waals surface area contributed by atoms with E-state index in [1.165, 1.54) is 33.4 Å². The van der Waals surface area contributed by atoms with Crippen molar-refractivity contribution >= 4 is 46.4 Å². The second-order valence-electron chi connectivity index (χ2n) is 8.13. The van der Waals surface area contributed by atoms with Crippen molar-refractivity contribution < 1.29 is 9.47 Å². The number of alkyl halides is 4. The standard InChI is InChI=1S/C20H22Cl4O2/c1-7-8(2)14-16(20-12(6-24)10(4-22)18(14)26-20)15-13(7)17-9(3-21)11(5-23)19(15)25-17/h9-12,17-20H,3-6H2,1-2H3/t9?,10?,11?,12?,17-,18-,19+,20+/m1/s1. The fourth-order valence-electron chi connectivity index (χ4n) is 5.97. The summed E-state index contributed by atoms with van der Waals surface area (Å²) in [5.74, 6) is 3.37. The molecule has 0 aromatic heterocycles. The van der Waals surface area contributed by atoms with Gasteiger partial charge in [-0.1, -0.05) is 0 Å². The summed E-state index contributed by atoms with van der Waals surface area (Å²) < 4.78 is 12.9. The molecule has 0 saturated carbocycles. The van der Waals surface area contributed by atoms with Crippen molar-refractivity contribution in [3.63, 3.8) is 0 Å². The number of ether oxygens (including phenoxy) is 2. The smallest absolute Gasteiger partial charge is 0.0884 e. The quantitative estimate of drug-likeness (QED) is 0.542. The first-order chi connectivity index (χ1) is 12.6. The van der Waals surface area contributed by atoms with E-state index in [-0.39, 0.29) is 48.1 Å². The first-order valence-corrected chi connectivity index (χ1v) is 11.4. The third-order valence-corrected chi connectivity index (χ3v) is 8.76. The summed E-state index contributed by atoms with van der Waals surface area (Å²) in [6.45, 7) is 4.42. The van der Waals surface area contributed by atoms with Crippen molar-refractivity contribution in [3.05, 3.63) is 33.4 Å². The molecule has 1 aromatic rings. The molecule has 142 valence electrons. The molecule has 0 N–H and O–H groups in total. The van der Waals surface area contributed by atoms with Gasteiger partial charge in [-0.2, -0.15) is 0 Å². The number of halogens is 4. The summed E-state index contributed by atoms with van der Waals surface area (Å²) in [4.78, 5) is 0. The number of rotatable bonds is 4. The van der Waals surface area contributed by atoms with Gasteiger partial charge in [0.1, 0.15) is 0 Å². The molecule has 0 spiro atoms. The van der Waals surface area contributed by atoms with E-state index < -0.39 is 0 Å². The van der Waals surface area contributed by atoms with E-state index in [1.54, 1.807) is 0 Å². The molecule has 0 aliphatic carbocycles. The van der Waals surface area contributed by atoms with Gasteiger partial charge in [-0.05, 0) is 47.2 Å².